The SMILES string of the molecule is CC(C)(C)[Si](C)(C)OC#CC1CCC(=O)N1c1cc(F)ccc1C#N. The van der Waals surface area contributed by atoms with Gasteiger partial charge in [-0.2, -0.15) is 5.26 Å². The number of amides is 1. The Morgan fingerprint density at radius 3 is 2.64 bits per heavy atom. The largest absolute Gasteiger partial charge is 0.500 e. The minimum absolute atomic E-state index is 0.0311. The van der Waals surface area contributed by atoms with Crippen molar-refractivity contribution in [1.29, 1.82) is 5.26 Å². The summed E-state index contributed by atoms with van der Waals surface area (Å²) >= 11 is 0. The molecule has 4 nitrogen and oxygen atoms in total. The van der Waals surface area contributed by atoms with Gasteiger partial charge in [0.1, 0.15) is 17.9 Å². The molecule has 25 heavy (non-hydrogen) atoms. The van der Waals surface area contributed by atoms with Crippen LogP contribution in [0.4, 0.5) is 10.1 Å². The molecule has 0 N–H and O–H groups in total. The summed E-state index contributed by atoms with van der Waals surface area (Å²) in [5.74, 6) is 2.35. The van der Waals surface area contributed by atoms with Crippen molar-refractivity contribution in [2.75, 3.05) is 4.90 Å². The van der Waals surface area contributed by atoms with Crippen LogP contribution in [-0.4, -0.2) is 20.3 Å². The van der Waals surface area contributed by atoms with Crippen LogP contribution in [0.3, 0.4) is 0 Å². The highest BCUT2D eigenvalue weighted by atomic mass is 28.4. The van der Waals surface area contributed by atoms with Gasteiger partial charge in [0.05, 0.1) is 17.4 Å². The van der Waals surface area contributed by atoms with Crippen molar-refractivity contribution in [3.63, 3.8) is 0 Å². The van der Waals surface area contributed by atoms with E-state index in [1.54, 1.807) is 0 Å². The van der Waals surface area contributed by atoms with Crippen LogP contribution in [0, 0.1) is 29.2 Å². The van der Waals surface area contributed by atoms with E-state index in [0.717, 1.165) is 0 Å². The predicted molar refractivity (Wildman–Crippen MR) is 97.7 cm³/mol. The Labute approximate surface area is 149 Å². The highest BCUT2D eigenvalue weighted by molar-refractivity contribution is 6.74. The minimum atomic E-state index is -2.01. The highest BCUT2D eigenvalue weighted by Gasteiger charge is 2.39. The van der Waals surface area contributed by atoms with E-state index in [0.29, 0.717) is 12.8 Å². The lowest BCUT2D eigenvalue weighted by Crippen LogP contribution is -2.39. The minimum Gasteiger partial charge on any atom is -0.500 e. The van der Waals surface area contributed by atoms with Crippen molar-refractivity contribution in [3.05, 3.63) is 29.6 Å². The van der Waals surface area contributed by atoms with E-state index in [1.165, 1.54) is 23.1 Å². The summed E-state index contributed by atoms with van der Waals surface area (Å²) in [5.41, 5.74) is 0.533. The number of hydrogen-bond donors (Lipinski definition) is 0. The van der Waals surface area contributed by atoms with E-state index >= 15 is 0 Å². The lowest BCUT2D eigenvalue weighted by molar-refractivity contribution is -0.117. The molecular weight excluding hydrogens is 335 g/mol. The van der Waals surface area contributed by atoms with Crippen LogP contribution in [0.15, 0.2) is 18.2 Å². The molecule has 0 radical (unpaired) electrons. The quantitative estimate of drug-likeness (QED) is 0.589. The van der Waals surface area contributed by atoms with Gasteiger partial charge in [-0.05, 0) is 48.7 Å². The van der Waals surface area contributed by atoms with Gasteiger partial charge in [-0.15, -0.1) is 0 Å². The van der Waals surface area contributed by atoms with Gasteiger partial charge in [-0.1, -0.05) is 20.8 Å². The molecule has 1 unspecified atom stereocenters. The molecule has 1 aromatic carbocycles. The Balaban J connectivity index is 2.29. The molecule has 1 aliphatic heterocycles. The Morgan fingerprint density at radius 2 is 2.04 bits per heavy atom. The van der Waals surface area contributed by atoms with Crippen molar-refractivity contribution in [2.45, 2.75) is 57.8 Å². The zero-order chi connectivity index (χ0) is 18.8. The van der Waals surface area contributed by atoms with Crippen molar-refractivity contribution in [3.8, 4) is 18.1 Å². The average Bonchev–Trinajstić information content (AvgIpc) is 2.86. The summed E-state index contributed by atoms with van der Waals surface area (Å²) in [4.78, 5) is 13.7. The molecule has 1 fully saturated rings. The summed E-state index contributed by atoms with van der Waals surface area (Å²) < 4.78 is 19.5. The van der Waals surface area contributed by atoms with Crippen molar-refractivity contribution in [2.24, 2.45) is 0 Å². The second-order valence-corrected chi connectivity index (χ2v) is 12.4. The van der Waals surface area contributed by atoms with Gasteiger partial charge in [-0.3, -0.25) is 9.69 Å². The number of rotatable bonds is 2. The van der Waals surface area contributed by atoms with Gasteiger partial charge in [0.25, 0.3) is 8.32 Å². The third-order valence-electron chi connectivity index (χ3n) is 4.89. The average molecular weight is 358 g/mol. The summed E-state index contributed by atoms with van der Waals surface area (Å²) in [6, 6.07) is 5.40. The van der Waals surface area contributed by atoms with E-state index in [1.807, 2.05) is 6.07 Å². The second kappa shape index (κ2) is 6.90. The van der Waals surface area contributed by atoms with E-state index < -0.39 is 20.2 Å². The van der Waals surface area contributed by atoms with Crippen LogP contribution >= 0.6 is 0 Å². The number of hydrogen-bond acceptors (Lipinski definition) is 3. The van der Waals surface area contributed by atoms with Gasteiger partial charge >= 0.3 is 0 Å². The predicted octanol–water partition coefficient (Wildman–Crippen LogP) is 4.18. The molecule has 1 amide bonds. The topological polar surface area (TPSA) is 53.3 Å². The molecule has 0 bridgehead atoms. The monoisotopic (exact) mass is 358 g/mol. The van der Waals surface area contributed by atoms with Crippen LogP contribution < -0.4 is 4.90 Å². The van der Waals surface area contributed by atoms with E-state index in [9.17, 15) is 14.4 Å². The second-order valence-electron chi connectivity index (χ2n) is 7.70. The van der Waals surface area contributed by atoms with Gasteiger partial charge < -0.3 is 4.43 Å². The fourth-order valence-electron chi connectivity index (χ4n) is 2.30. The summed E-state index contributed by atoms with van der Waals surface area (Å²) in [6.07, 6.45) is 3.64. The van der Waals surface area contributed by atoms with Crippen molar-refractivity contribution < 1.29 is 13.6 Å². The number of nitriles is 1. The molecule has 2 rings (SSSR count). The Kier molecular flexibility index (Phi) is 5.25. The van der Waals surface area contributed by atoms with Crippen LogP contribution in [-0.2, 0) is 9.22 Å². The molecule has 1 atom stereocenters. The van der Waals surface area contributed by atoms with Gasteiger partial charge in [0.15, 0.2) is 0 Å². The zero-order valence-corrected chi connectivity index (χ0v) is 16.3. The van der Waals surface area contributed by atoms with E-state index in [-0.39, 0.29) is 22.2 Å². The molecule has 132 valence electrons. The maximum Gasteiger partial charge on any atom is 0.264 e. The van der Waals surface area contributed by atoms with Crippen LogP contribution in [0.25, 0.3) is 0 Å². The molecular formula is C19H23FN2O2Si. The maximum atomic E-state index is 13.6. The number of carbonyl (C=O) groups excluding carboxylic acids is 1. The first-order chi connectivity index (χ1) is 11.6. The number of carbonyl (C=O) groups is 1. The maximum absolute atomic E-state index is 13.6. The molecule has 1 aliphatic rings. The van der Waals surface area contributed by atoms with Crippen LogP contribution in [0.2, 0.25) is 18.1 Å². The van der Waals surface area contributed by atoms with Crippen LogP contribution in [0.5, 0.6) is 0 Å². The third-order valence-corrected chi connectivity index (χ3v) is 9.11. The molecule has 0 spiro atoms. The molecule has 1 aromatic rings. The first-order valence-corrected chi connectivity index (χ1v) is 11.2. The first-order valence-electron chi connectivity index (χ1n) is 8.27. The number of benzene rings is 1. The van der Waals surface area contributed by atoms with Crippen LogP contribution in [0.1, 0.15) is 39.2 Å². The van der Waals surface area contributed by atoms with Gasteiger partial charge in [0, 0.05) is 6.42 Å². The Morgan fingerprint density at radius 1 is 1.36 bits per heavy atom. The van der Waals surface area contributed by atoms with E-state index in [4.69, 9.17) is 4.43 Å². The molecule has 0 aliphatic carbocycles. The lowest BCUT2D eigenvalue weighted by Gasteiger charge is -2.33. The van der Waals surface area contributed by atoms with Gasteiger partial charge in [-0.25, -0.2) is 4.39 Å². The Bertz CT molecular complexity index is 781. The summed E-state index contributed by atoms with van der Waals surface area (Å²) in [7, 11) is -2.01. The number of halogens is 1. The smallest absolute Gasteiger partial charge is 0.264 e. The molecule has 0 aromatic heterocycles. The molecule has 1 heterocycles. The zero-order valence-electron chi connectivity index (χ0n) is 15.3. The summed E-state index contributed by atoms with van der Waals surface area (Å²) in [5, 5.41) is 9.28. The molecule has 0 saturated carbocycles. The van der Waals surface area contributed by atoms with Crippen molar-refractivity contribution in [1.82, 2.24) is 0 Å². The summed E-state index contributed by atoms with van der Waals surface area (Å²) in [6.45, 7) is 10.6. The fourth-order valence-corrected chi connectivity index (χ4v) is 2.92. The lowest BCUT2D eigenvalue weighted by atomic mass is 10.1. The number of anilines is 1. The van der Waals surface area contributed by atoms with Crippen molar-refractivity contribution >= 4 is 19.9 Å². The highest BCUT2D eigenvalue weighted by Crippen LogP contribution is 2.36. The standard InChI is InChI=1S/C19H23FN2O2Si/c1-19(2,3)25(4,5)24-11-10-16-8-9-18(23)22(16)17-12-15(20)7-6-14(17)13-21/h6-7,12,16H,8-9H2,1-5H3. The fraction of sp³-hybridized carbons (Fsp3) is 0.474. The number of nitrogens with zero attached hydrogens (tertiary/aromatic N) is 2. The molecule has 6 heteroatoms. The normalized spacial score (nSPS) is 17.7. The Hall–Kier alpha value is -2.31. The first kappa shape index (κ1) is 19.0. The van der Waals surface area contributed by atoms with E-state index in [2.05, 4.69) is 45.9 Å². The van der Waals surface area contributed by atoms with Gasteiger partial charge in [0.2, 0.25) is 5.91 Å². The third kappa shape index (κ3) is 4.03. The molecule has 1 saturated heterocycles.